The fraction of sp³-hybridized carbons (Fsp3) is 0.320. The predicted octanol–water partition coefficient (Wildman–Crippen LogP) is 4.89. The Morgan fingerprint density at radius 2 is 1.56 bits per heavy atom. The highest BCUT2D eigenvalue weighted by molar-refractivity contribution is 5.87. The first kappa shape index (κ1) is 33.2. The van der Waals surface area contributed by atoms with Gasteiger partial charge >= 0.3 is 17.9 Å². The first-order valence-electron chi connectivity index (χ1n) is 9.94. The molecule has 0 aliphatic rings. The van der Waals surface area contributed by atoms with Gasteiger partial charge in [-0.15, -0.1) is 0 Å². The maximum Gasteiger partial charge on any atom is 0.333 e. The summed E-state index contributed by atoms with van der Waals surface area (Å²) in [5, 5.41) is 24.1. The number of esters is 1. The third kappa shape index (κ3) is 26.6. The quantitative estimate of drug-likeness (QED) is 0.265. The van der Waals surface area contributed by atoms with E-state index in [-0.39, 0.29) is 18.1 Å². The van der Waals surface area contributed by atoms with Crippen molar-refractivity contribution in [2.75, 3.05) is 13.2 Å². The number of unbranched alkanes of at least 4 members (excludes halogenated alkanes) is 1. The van der Waals surface area contributed by atoms with E-state index in [9.17, 15) is 14.4 Å². The summed E-state index contributed by atoms with van der Waals surface area (Å²) in [6.07, 6.45) is 5.49. The van der Waals surface area contributed by atoms with Crippen LogP contribution in [-0.2, 0) is 19.1 Å². The highest BCUT2D eigenvalue weighted by atomic mass is 16.5. The first-order valence-corrected chi connectivity index (χ1v) is 9.94. The number of aliphatic hydroxyl groups is 1. The van der Waals surface area contributed by atoms with E-state index in [1.807, 2.05) is 36.4 Å². The number of benzene rings is 1. The predicted molar refractivity (Wildman–Crippen MR) is 128 cm³/mol. The van der Waals surface area contributed by atoms with Gasteiger partial charge in [0.15, 0.2) is 0 Å². The summed E-state index contributed by atoms with van der Waals surface area (Å²) in [4.78, 5) is 30.0. The minimum absolute atomic E-state index is 0.0201. The van der Waals surface area contributed by atoms with Crippen LogP contribution in [0.3, 0.4) is 0 Å². The van der Waals surface area contributed by atoms with E-state index in [0.29, 0.717) is 25.0 Å². The average Bonchev–Trinajstić information content (AvgIpc) is 2.79. The molecule has 1 rings (SSSR count). The van der Waals surface area contributed by atoms with Gasteiger partial charge in [0.1, 0.15) is 0 Å². The second kappa shape index (κ2) is 23.8. The lowest BCUT2D eigenvalue weighted by Gasteiger charge is -2.01. The van der Waals surface area contributed by atoms with Crippen molar-refractivity contribution in [1.29, 1.82) is 0 Å². The van der Waals surface area contributed by atoms with Crippen LogP contribution >= 0.6 is 0 Å². The van der Waals surface area contributed by atoms with Crippen LogP contribution in [0.5, 0.6) is 0 Å². The molecule has 0 heterocycles. The summed E-state index contributed by atoms with van der Waals surface area (Å²) >= 11 is 0. The van der Waals surface area contributed by atoms with Gasteiger partial charge in [-0.05, 0) is 31.7 Å². The molecule has 0 saturated carbocycles. The molecule has 0 aromatic heterocycles. The van der Waals surface area contributed by atoms with Gasteiger partial charge in [0.2, 0.25) is 0 Å². The molecule has 7 nitrogen and oxygen atoms in total. The van der Waals surface area contributed by atoms with E-state index >= 15 is 0 Å². The zero-order valence-electron chi connectivity index (χ0n) is 19.1. The van der Waals surface area contributed by atoms with Crippen LogP contribution in [0, 0.1) is 0 Å². The van der Waals surface area contributed by atoms with Crippen molar-refractivity contribution in [1.82, 2.24) is 0 Å². The number of rotatable bonds is 10. The van der Waals surface area contributed by atoms with Crippen LogP contribution in [0.4, 0.5) is 0 Å². The van der Waals surface area contributed by atoms with E-state index in [1.54, 1.807) is 6.92 Å². The Morgan fingerprint density at radius 1 is 1.03 bits per heavy atom. The third-order valence-electron chi connectivity index (χ3n) is 3.23. The second-order valence-electron chi connectivity index (χ2n) is 6.16. The van der Waals surface area contributed by atoms with Crippen molar-refractivity contribution in [3.05, 3.63) is 79.4 Å². The minimum Gasteiger partial charge on any atom is -0.478 e. The lowest BCUT2D eigenvalue weighted by atomic mass is 10.2. The van der Waals surface area contributed by atoms with Crippen molar-refractivity contribution in [3.63, 3.8) is 0 Å². The smallest absolute Gasteiger partial charge is 0.333 e. The number of hydrogen-bond donors (Lipinski definition) is 3. The normalized spacial score (nSPS) is 8.47. The number of carbonyl (C=O) groups excluding carboxylic acids is 1. The first-order chi connectivity index (χ1) is 15.1. The molecule has 0 spiro atoms. The molecule has 0 radical (unpaired) electrons. The van der Waals surface area contributed by atoms with E-state index in [1.165, 1.54) is 5.56 Å². The standard InChI is InChI=1S/C8H14O2.C8H8.C6H10O3.C3H4O2/c1-4-5-6-10-8(9)7(2)3;1-2-8-6-4-3-5-7-8;1-5(6(8)9)3-2-4-7;1-2-3(4)5/h2,4-6H2,1,3H3;2-7H,1H2;7H,1-4H2,(H,8,9);2H,1H2,(H,4,5). The van der Waals surface area contributed by atoms with Gasteiger partial charge in [-0.25, -0.2) is 14.4 Å². The third-order valence-corrected chi connectivity index (χ3v) is 3.23. The number of carboxylic acid groups (broad SMARTS) is 2. The molecule has 178 valence electrons. The van der Waals surface area contributed by atoms with Gasteiger partial charge in [-0.3, -0.25) is 0 Å². The molecule has 0 unspecified atom stereocenters. The van der Waals surface area contributed by atoms with E-state index < -0.39 is 11.9 Å². The Kier molecular flexibility index (Phi) is 24.7. The largest absolute Gasteiger partial charge is 0.478 e. The molecule has 3 N–H and O–H groups in total. The van der Waals surface area contributed by atoms with Gasteiger partial charge in [-0.1, -0.05) is 76.1 Å². The Labute approximate surface area is 191 Å². The van der Waals surface area contributed by atoms with Crippen molar-refractivity contribution >= 4 is 24.0 Å². The average molecular weight is 449 g/mol. The summed E-state index contributed by atoms with van der Waals surface area (Å²) in [6, 6.07) is 10.0. The number of carboxylic acids is 2. The molecule has 0 amide bonds. The van der Waals surface area contributed by atoms with Crippen molar-refractivity contribution in [2.45, 2.75) is 39.5 Å². The SMILES string of the molecule is C=C(C)C(=O)OCCCC.C=C(CCCO)C(=O)O.C=CC(=O)O.C=Cc1ccccc1. The Morgan fingerprint density at radius 3 is 1.88 bits per heavy atom. The molecular formula is C25H36O7. The van der Waals surface area contributed by atoms with Crippen molar-refractivity contribution in [2.24, 2.45) is 0 Å². The van der Waals surface area contributed by atoms with Crippen LogP contribution in [0.15, 0.2) is 73.9 Å². The lowest BCUT2D eigenvalue weighted by Crippen LogP contribution is -2.05. The second-order valence-corrected chi connectivity index (χ2v) is 6.16. The molecule has 7 heteroatoms. The molecule has 0 atom stereocenters. The Balaban J connectivity index is -0.000000359. The fourth-order valence-corrected chi connectivity index (χ4v) is 1.42. The van der Waals surface area contributed by atoms with Crippen molar-refractivity contribution in [3.8, 4) is 0 Å². The molecule has 0 fully saturated rings. The number of aliphatic carboxylic acids is 2. The minimum atomic E-state index is -0.983. The maximum atomic E-state index is 10.7. The van der Waals surface area contributed by atoms with Crippen LogP contribution in [0.2, 0.25) is 0 Å². The van der Waals surface area contributed by atoms with Gasteiger partial charge in [-0.2, -0.15) is 0 Å². The fourth-order valence-electron chi connectivity index (χ4n) is 1.42. The topological polar surface area (TPSA) is 121 Å². The molecule has 1 aromatic rings. The number of hydrogen-bond acceptors (Lipinski definition) is 5. The monoisotopic (exact) mass is 448 g/mol. The molecular weight excluding hydrogens is 412 g/mol. The zero-order chi connectivity index (χ0) is 25.4. The summed E-state index contributed by atoms with van der Waals surface area (Å²) in [5.41, 5.74) is 1.80. The number of ether oxygens (including phenoxy) is 1. The summed E-state index contributed by atoms with van der Waals surface area (Å²) in [6.45, 7) is 17.6. The summed E-state index contributed by atoms with van der Waals surface area (Å²) in [5.74, 6) is -2.25. The molecule has 0 aliphatic heterocycles. The highest BCUT2D eigenvalue weighted by Crippen LogP contribution is 2.00. The lowest BCUT2D eigenvalue weighted by molar-refractivity contribution is -0.139. The molecule has 0 saturated heterocycles. The van der Waals surface area contributed by atoms with Crippen LogP contribution < -0.4 is 0 Å². The Bertz CT molecular complexity index is 706. The number of carbonyl (C=O) groups is 3. The summed E-state index contributed by atoms with van der Waals surface area (Å²) in [7, 11) is 0. The van der Waals surface area contributed by atoms with Gasteiger partial charge in [0, 0.05) is 23.8 Å². The molecule has 32 heavy (non-hydrogen) atoms. The van der Waals surface area contributed by atoms with Gasteiger partial charge in [0.05, 0.1) is 6.61 Å². The van der Waals surface area contributed by atoms with Gasteiger partial charge < -0.3 is 20.1 Å². The highest BCUT2D eigenvalue weighted by Gasteiger charge is 2.01. The molecule has 0 bridgehead atoms. The van der Waals surface area contributed by atoms with Crippen LogP contribution in [0.25, 0.3) is 6.08 Å². The van der Waals surface area contributed by atoms with E-state index in [4.69, 9.17) is 20.1 Å². The summed E-state index contributed by atoms with van der Waals surface area (Å²) < 4.78 is 4.81. The van der Waals surface area contributed by atoms with Crippen LogP contribution in [-0.4, -0.2) is 46.4 Å². The Hall–Kier alpha value is -3.45. The molecule has 1 aromatic carbocycles. The maximum absolute atomic E-state index is 10.7. The molecule has 0 aliphatic carbocycles. The van der Waals surface area contributed by atoms with Crippen LogP contribution in [0.1, 0.15) is 45.1 Å². The zero-order valence-corrected chi connectivity index (χ0v) is 19.1. The van der Waals surface area contributed by atoms with E-state index in [0.717, 1.165) is 18.9 Å². The van der Waals surface area contributed by atoms with E-state index in [2.05, 4.69) is 33.2 Å². The van der Waals surface area contributed by atoms with Crippen molar-refractivity contribution < 1.29 is 34.4 Å². The number of aliphatic hydroxyl groups excluding tert-OH is 1. The van der Waals surface area contributed by atoms with Gasteiger partial charge in [0.25, 0.3) is 0 Å².